The Hall–Kier alpha value is -0.610. The van der Waals surface area contributed by atoms with Crippen LogP contribution in [0.1, 0.15) is 33.1 Å². The van der Waals surface area contributed by atoms with Crippen LogP contribution in [-0.2, 0) is 4.79 Å². The van der Waals surface area contributed by atoms with Crippen LogP contribution >= 0.6 is 0 Å². The highest BCUT2D eigenvalue weighted by atomic mass is 16.1. The Bertz CT molecular complexity index is 220. The predicted octanol–water partition coefficient (Wildman–Crippen LogP) is 0.572. The molecule has 1 aliphatic heterocycles. The van der Waals surface area contributed by atoms with E-state index in [1.165, 1.54) is 12.8 Å². The van der Waals surface area contributed by atoms with Crippen molar-refractivity contribution in [2.45, 2.75) is 39.2 Å². The van der Waals surface area contributed by atoms with Crippen molar-refractivity contribution in [3.8, 4) is 0 Å². The zero-order valence-corrected chi connectivity index (χ0v) is 10.5. The van der Waals surface area contributed by atoms with Crippen LogP contribution in [0.5, 0.6) is 0 Å². The minimum Gasteiger partial charge on any atom is -0.369 e. The number of carbonyl (C=O) groups excluding carboxylic acids is 1. The molecular weight excluding hydrogens is 202 g/mol. The zero-order chi connectivity index (χ0) is 12.0. The number of amides is 1. The Kier molecular flexibility index (Phi) is 5.77. The maximum absolute atomic E-state index is 10.9. The lowest BCUT2D eigenvalue weighted by Gasteiger charge is -2.37. The van der Waals surface area contributed by atoms with Gasteiger partial charge in [-0.05, 0) is 25.3 Å². The van der Waals surface area contributed by atoms with Gasteiger partial charge in [-0.1, -0.05) is 20.3 Å². The Labute approximate surface area is 98.6 Å². The van der Waals surface area contributed by atoms with E-state index >= 15 is 0 Å². The lowest BCUT2D eigenvalue weighted by atomic mass is 9.92. The first-order chi connectivity index (χ1) is 7.65. The van der Waals surface area contributed by atoms with Gasteiger partial charge in [0.15, 0.2) is 0 Å². The minimum absolute atomic E-state index is 0.217. The smallest absolute Gasteiger partial charge is 0.231 e. The first-order valence-corrected chi connectivity index (χ1v) is 6.39. The number of hydrogen-bond acceptors (Lipinski definition) is 3. The minimum atomic E-state index is -0.217. The van der Waals surface area contributed by atoms with E-state index in [2.05, 4.69) is 24.1 Å². The highest BCUT2D eigenvalue weighted by Crippen LogP contribution is 2.19. The summed E-state index contributed by atoms with van der Waals surface area (Å²) in [6.45, 7) is 7.83. The van der Waals surface area contributed by atoms with Gasteiger partial charge in [-0.2, -0.15) is 0 Å². The van der Waals surface area contributed by atoms with Crippen molar-refractivity contribution in [1.82, 2.24) is 10.2 Å². The largest absolute Gasteiger partial charge is 0.369 e. The summed E-state index contributed by atoms with van der Waals surface area (Å²) in [5.74, 6) is 0.480. The fourth-order valence-corrected chi connectivity index (χ4v) is 2.44. The molecule has 4 nitrogen and oxygen atoms in total. The Morgan fingerprint density at radius 2 is 2.19 bits per heavy atom. The lowest BCUT2D eigenvalue weighted by molar-refractivity contribution is -0.119. The van der Waals surface area contributed by atoms with E-state index in [9.17, 15) is 4.79 Å². The van der Waals surface area contributed by atoms with Crippen molar-refractivity contribution in [3.63, 3.8) is 0 Å². The SMILES string of the molecule is CCCNC1CC(CC)CN(CC(N)=O)C1. The molecule has 4 heteroatoms. The number of hydrogen-bond donors (Lipinski definition) is 2. The van der Waals surface area contributed by atoms with Crippen LogP contribution in [0, 0.1) is 5.92 Å². The van der Waals surface area contributed by atoms with Crippen LogP contribution in [0.4, 0.5) is 0 Å². The molecule has 16 heavy (non-hydrogen) atoms. The van der Waals surface area contributed by atoms with Gasteiger partial charge in [0.1, 0.15) is 0 Å². The van der Waals surface area contributed by atoms with Gasteiger partial charge in [-0.3, -0.25) is 9.69 Å². The Balaban J connectivity index is 2.43. The number of carbonyl (C=O) groups is 1. The van der Waals surface area contributed by atoms with Gasteiger partial charge < -0.3 is 11.1 Å². The summed E-state index contributed by atoms with van der Waals surface area (Å²) in [4.78, 5) is 13.1. The molecule has 3 N–H and O–H groups in total. The average Bonchev–Trinajstić information content (AvgIpc) is 2.25. The van der Waals surface area contributed by atoms with E-state index in [0.29, 0.717) is 18.5 Å². The fraction of sp³-hybridized carbons (Fsp3) is 0.917. The van der Waals surface area contributed by atoms with Crippen molar-refractivity contribution in [1.29, 1.82) is 0 Å². The summed E-state index contributed by atoms with van der Waals surface area (Å²) in [6.07, 6.45) is 3.56. The van der Waals surface area contributed by atoms with Crippen LogP contribution < -0.4 is 11.1 Å². The number of nitrogens with zero attached hydrogens (tertiary/aromatic N) is 1. The molecule has 0 saturated carbocycles. The summed E-state index contributed by atoms with van der Waals surface area (Å²) in [5, 5.41) is 3.55. The van der Waals surface area contributed by atoms with Gasteiger partial charge in [0.25, 0.3) is 0 Å². The third kappa shape index (κ3) is 4.49. The van der Waals surface area contributed by atoms with Crippen LogP contribution in [0.3, 0.4) is 0 Å². The molecule has 0 aromatic rings. The van der Waals surface area contributed by atoms with E-state index in [1.54, 1.807) is 0 Å². The van der Waals surface area contributed by atoms with Crippen molar-refractivity contribution in [3.05, 3.63) is 0 Å². The second-order valence-electron chi connectivity index (χ2n) is 4.82. The molecular formula is C12H25N3O. The number of nitrogens with one attached hydrogen (secondary N) is 1. The Morgan fingerprint density at radius 3 is 2.75 bits per heavy atom. The molecule has 0 aromatic heterocycles. The van der Waals surface area contributed by atoms with Crippen LogP contribution in [0.2, 0.25) is 0 Å². The summed E-state index contributed by atoms with van der Waals surface area (Å²) in [7, 11) is 0. The standard InChI is InChI=1S/C12H25N3O/c1-3-5-14-11-6-10(4-2)7-15(8-11)9-12(13)16/h10-11,14H,3-9H2,1-2H3,(H2,13,16). The summed E-state index contributed by atoms with van der Waals surface area (Å²) >= 11 is 0. The highest BCUT2D eigenvalue weighted by molar-refractivity contribution is 5.75. The molecule has 0 radical (unpaired) electrons. The van der Waals surface area contributed by atoms with Crippen LogP contribution in [0.15, 0.2) is 0 Å². The Morgan fingerprint density at radius 1 is 1.44 bits per heavy atom. The van der Waals surface area contributed by atoms with Gasteiger partial charge in [0.2, 0.25) is 5.91 Å². The van der Waals surface area contributed by atoms with Crippen molar-refractivity contribution >= 4 is 5.91 Å². The molecule has 0 spiro atoms. The van der Waals surface area contributed by atoms with Crippen molar-refractivity contribution in [2.24, 2.45) is 11.7 Å². The molecule has 0 aliphatic carbocycles. The topological polar surface area (TPSA) is 58.4 Å². The summed E-state index contributed by atoms with van der Waals surface area (Å²) in [6, 6.07) is 0.526. The van der Waals surface area contributed by atoms with E-state index in [-0.39, 0.29) is 5.91 Å². The average molecular weight is 227 g/mol. The van der Waals surface area contributed by atoms with Crippen molar-refractivity contribution in [2.75, 3.05) is 26.2 Å². The molecule has 1 saturated heterocycles. The van der Waals surface area contributed by atoms with Gasteiger partial charge >= 0.3 is 0 Å². The fourth-order valence-electron chi connectivity index (χ4n) is 2.44. The number of likely N-dealkylation sites (tertiary alicyclic amines) is 1. The van der Waals surface area contributed by atoms with Crippen molar-refractivity contribution < 1.29 is 4.79 Å². The summed E-state index contributed by atoms with van der Waals surface area (Å²) < 4.78 is 0. The molecule has 2 atom stereocenters. The molecule has 2 unspecified atom stereocenters. The first kappa shape index (κ1) is 13.5. The second kappa shape index (κ2) is 6.86. The zero-order valence-electron chi connectivity index (χ0n) is 10.5. The van der Waals surface area contributed by atoms with E-state index < -0.39 is 0 Å². The van der Waals surface area contributed by atoms with Gasteiger partial charge in [0.05, 0.1) is 6.54 Å². The third-order valence-corrected chi connectivity index (χ3v) is 3.25. The molecule has 0 bridgehead atoms. The molecule has 94 valence electrons. The molecule has 1 rings (SSSR count). The first-order valence-electron chi connectivity index (χ1n) is 6.39. The maximum Gasteiger partial charge on any atom is 0.231 e. The lowest BCUT2D eigenvalue weighted by Crippen LogP contribution is -2.51. The van der Waals surface area contributed by atoms with Gasteiger partial charge in [-0.15, -0.1) is 0 Å². The molecule has 1 heterocycles. The number of piperidine rings is 1. The summed E-state index contributed by atoms with van der Waals surface area (Å²) in [5.41, 5.74) is 5.25. The number of rotatable bonds is 6. The second-order valence-corrected chi connectivity index (χ2v) is 4.82. The molecule has 1 aliphatic rings. The number of nitrogens with two attached hydrogens (primary N) is 1. The quantitative estimate of drug-likeness (QED) is 0.697. The normalized spacial score (nSPS) is 26.9. The predicted molar refractivity (Wildman–Crippen MR) is 66.1 cm³/mol. The highest BCUT2D eigenvalue weighted by Gasteiger charge is 2.26. The van der Waals surface area contributed by atoms with E-state index in [4.69, 9.17) is 5.73 Å². The third-order valence-electron chi connectivity index (χ3n) is 3.25. The maximum atomic E-state index is 10.9. The molecule has 1 fully saturated rings. The van der Waals surface area contributed by atoms with E-state index in [1.807, 2.05) is 0 Å². The monoisotopic (exact) mass is 227 g/mol. The van der Waals surface area contributed by atoms with E-state index in [0.717, 1.165) is 26.1 Å². The number of primary amides is 1. The van der Waals surface area contributed by atoms with Crippen LogP contribution in [-0.4, -0.2) is 43.0 Å². The molecule has 1 amide bonds. The van der Waals surface area contributed by atoms with Gasteiger partial charge in [0, 0.05) is 19.1 Å². The van der Waals surface area contributed by atoms with Gasteiger partial charge in [-0.25, -0.2) is 0 Å². The van der Waals surface area contributed by atoms with Crippen LogP contribution in [0.25, 0.3) is 0 Å². The molecule has 0 aromatic carbocycles.